The Balaban J connectivity index is 1.38. The Morgan fingerprint density at radius 3 is 2.81 bits per heavy atom. The molecule has 0 radical (unpaired) electrons. The lowest BCUT2D eigenvalue weighted by molar-refractivity contribution is -0.115. The number of anilines is 2. The Morgan fingerprint density at radius 1 is 1.22 bits per heavy atom. The molecule has 1 amide bonds. The Bertz CT molecular complexity index is 920. The molecule has 0 spiro atoms. The van der Waals surface area contributed by atoms with Crippen LogP contribution in [0.5, 0.6) is 0 Å². The maximum absolute atomic E-state index is 12.4. The van der Waals surface area contributed by atoms with E-state index in [4.69, 9.17) is 11.6 Å². The number of rotatable bonds is 5. The van der Waals surface area contributed by atoms with Crippen LogP contribution in [0.2, 0.25) is 5.02 Å². The standard InChI is InChI=1S/C19H18ClN3OS3/c20-16-9-14(1-2-17(16)23-4-7-25-8-5-23)21-18(24)10-15-12-27-19(22-15)13-3-6-26-11-13/h1-3,6,9,11-12H,4-5,7-8,10H2,(H,21,24). The summed E-state index contributed by atoms with van der Waals surface area (Å²) in [5.74, 6) is 2.15. The third-order valence-corrected chi connectivity index (χ3v) is 7.11. The fraction of sp³-hybridized carbons (Fsp3) is 0.263. The topological polar surface area (TPSA) is 45.2 Å². The Hall–Kier alpha value is -1.54. The van der Waals surface area contributed by atoms with Crippen LogP contribution in [0.15, 0.2) is 40.4 Å². The number of thiophene rings is 1. The van der Waals surface area contributed by atoms with E-state index in [2.05, 4.69) is 20.6 Å². The second-order valence-electron chi connectivity index (χ2n) is 6.15. The smallest absolute Gasteiger partial charge is 0.230 e. The van der Waals surface area contributed by atoms with Gasteiger partial charge in [-0.2, -0.15) is 23.1 Å². The monoisotopic (exact) mass is 435 g/mol. The first-order chi connectivity index (χ1) is 13.2. The van der Waals surface area contributed by atoms with Crippen molar-refractivity contribution in [3.05, 3.63) is 51.1 Å². The van der Waals surface area contributed by atoms with Gasteiger partial charge in [0.05, 0.1) is 22.8 Å². The summed E-state index contributed by atoms with van der Waals surface area (Å²) >= 11 is 11.6. The van der Waals surface area contributed by atoms with Crippen LogP contribution in [-0.4, -0.2) is 35.5 Å². The van der Waals surface area contributed by atoms with Crippen molar-refractivity contribution in [2.24, 2.45) is 0 Å². The maximum atomic E-state index is 12.4. The number of nitrogens with zero attached hydrogens (tertiary/aromatic N) is 2. The van der Waals surface area contributed by atoms with Crippen molar-refractivity contribution >= 4 is 63.3 Å². The summed E-state index contributed by atoms with van der Waals surface area (Å²) < 4.78 is 0. The van der Waals surface area contributed by atoms with E-state index in [-0.39, 0.29) is 12.3 Å². The van der Waals surface area contributed by atoms with Crippen LogP contribution in [0.3, 0.4) is 0 Å². The van der Waals surface area contributed by atoms with Crippen LogP contribution in [0.1, 0.15) is 5.69 Å². The molecule has 0 saturated carbocycles. The van der Waals surface area contributed by atoms with E-state index >= 15 is 0 Å². The van der Waals surface area contributed by atoms with E-state index in [1.54, 1.807) is 22.7 Å². The number of hydrogen-bond acceptors (Lipinski definition) is 6. The molecule has 0 atom stereocenters. The molecule has 1 aromatic carbocycles. The predicted molar refractivity (Wildman–Crippen MR) is 119 cm³/mol. The van der Waals surface area contributed by atoms with Gasteiger partial charge in [-0.1, -0.05) is 11.6 Å². The summed E-state index contributed by atoms with van der Waals surface area (Å²) in [6, 6.07) is 7.77. The third kappa shape index (κ3) is 4.66. The lowest BCUT2D eigenvalue weighted by Crippen LogP contribution is -2.32. The first kappa shape index (κ1) is 18.8. The number of halogens is 1. The van der Waals surface area contributed by atoms with Gasteiger partial charge < -0.3 is 10.2 Å². The normalized spacial score (nSPS) is 14.3. The molecule has 0 aliphatic carbocycles. The minimum absolute atomic E-state index is 0.0876. The summed E-state index contributed by atoms with van der Waals surface area (Å²) in [5, 5.41) is 10.6. The largest absolute Gasteiger partial charge is 0.369 e. The van der Waals surface area contributed by atoms with Crippen LogP contribution >= 0.6 is 46.0 Å². The molecule has 1 aliphatic heterocycles. The highest BCUT2D eigenvalue weighted by Gasteiger charge is 2.15. The van der Waals surface area contributed by atoms with Crippen molar-refractivity contribution in [3.63, 3.8) is 0 Å². The molecule has 3 heterocycles. The maximum Gasteiger partial charge on any atom is 0.230 e. The van der Waals surface area contributed by atoms with E-state index in [0.29, 0.717) is 10.7 Å². The van der Waals surface area contributed by atoms with Gasteiger partial charge in [0.2, 0.25) is 5.91 Å². The van der Waals surface area contributed by atoms with Gasteiger partial charge in [0.25, 0.3) is 0 Å². The van der Waals surface area contributed by atoms with E-state index in [1.807, 2.05) is 46.8 Å². The SMILES string of the molecule is O=C(Cc1csc(-c2ccsc2)n1)Nc1ccc(N2CCSCC2)c(Cl)c1. The zero-order chi connectivity index (χ0) is 18.6. The average Bonchev–Trinajstić information content (AvgIpc) is 3.34. The number of thioether (sulfide) groups is 1. The van der Waals surface area contributed by atoms with Gasteiger partial charge in [0.15, 0.2) is 0 Å². The van der Waals surface area contributed by atoms with Crippen molar-refractivity contribution in [1.82, 2.24) is 4.98 Å². The number of amides is 1. The van der Waals surface area contributed by atoms with Gasteiger partial charge >= 0.3 is 0 Å². The zero-order valence-corrected chi connectivity index (χ0v) is 17.7. The van der Waals surface area contributed by atoms with E-state index in [0.717, 1.165) is 46.5 Å². The number of nitrogens with one attached hydrogen (secondary N) is 1. The van der Waals surface area contributed by atoms with E-state index in [1.165, 1.54) is 0 Å². The predicted octanol–water partition coefficient (Wildman–Crippen LogP) is 5.26. The summed E-state index contributed by atoms with van der Waals surface area (Å²) in [7, 11) is 0. The molecule has 140 valence electrons. The summed E-state index contributed by atoms with van der Waals surface area (Å²) in [6.07, 6.45) is 0.253. The number of thiazole rings is 1. The third-order valence-electron chi connectivity index (χ3n) is 4.24. The lowest BCUT2D eigenvalue weighted by Gasteiger charge is -2.29. The molecule has 4 rings (SSSR count). The minimum Gasteiger partial charge on any atom is -0.369 e. The van der Waals surface area contributed by atoms with Crippen molar-refractivity contribution in [2.75, 3.05) is 34.8 Å². The van der Waals surface area contributed by atoms with Gasteiger partial charge in [-0.05, 0) is 29.6 Å². The first-order valence-electron chi connectivity index (χ1n) is 8.58. The van der Waals surface area contributed by atoms with E-state index < -0.39 is 0 Å². The van der Waals surface area contributed by atoms with Crippen LogP contribution in [-0.2, 0) is 11.2 Å². The van der Waals surface area contributed by atoms with Crippen LogP contribution in [0, 0.1) is 0 Å². The van der Waals surface area contributed by atoms with Crippen molar-refractivity contribution in [2.45, 2.75) is 6.42 Å². The summed E-state index contributed by atoms with van der Waals surface area (Å²) in [6.45, 7) is 2.01. The number of hydrogen-bond donors (Lipinski definition) is 1. The molecule has 8 heteroatoms. The van der Waals surface area contributed by atoms with Crippen molar-refractivity contribution < 1.29 is 4.79 Å². The highest BCUT2D eigenvalue weighted by atomic mass is 35.5. The highest BCUT2D eigenvalue weighted by molar-refractivity contribution is 7.99. The van der Waals surface area contributed by atoms with Crippen molar-refractivity contribution in [1.29, 1.82) is 0 Å². The quantitative estimate of drug-likeness (QED) is 0.593. The van der Waals surface area contributed by atoms with Crippen LogP contribution in [0.25, 0.3) is 10.6 Å². The molecule has 3 aromatic rings. The Labute approximate surface area is 175 Å². The number of aromatic nitrogens is 1. The van der Waals surface area contributed by atoms with Crippen LogP contribution < -0.4 is 10.2 Å². The minimum atomic E-state index is -0.0876. The summed E-state index contributed by atoms with van der Waals surface area (Å²) in [4.78, 5) is 19.2. The number of benzene rings is 1. The van der Waals surface area contributed by atoms with Gasteiger partial charge in [0.1, 0.15) is 5.01 Å². The fourth-order valence-corrected chi connectivity index (χ4v) is 5.66. The van der Waals surface area contributed by atoms with Crippen molar-refractivity contribution in [3.8, 4) is 10.6 Å². The molecule has 0 unspecified atom stereocenters. The average molecular weight is 436 g/mol. The molecule has 1 fully saturated rings. The second-order valence-corrected chi connectivity index (χ2v) is 9.42. The van der Waals surface area contributed by atoms with Gasteiger partial charge in [-0.25, -0.2) is 4.98 Å². The molecular formula is C19H18ClN3OS3. The lowest BCUT2D eigenvalue weighted by atomic mass is 10.2. The number of carbonyl (C=O) groups is 1. The van der Waals surface area contributed by atoms with Crippen LogP contribution in [0.4, 0.5) is 11.4 Å². The van der Waals surface area contributed by atoms with Gasteiger partial charge in [0, 0.05) is 46.6 Å². The molecular weight excluding hydrogens is 418 g/mol. The Morgan fingerprint density at radius 2 is 2.07 bits per heavy atom. The fourth-order valence-electron chi connectivity index (χ4n) is 2.92. The van der Waals surface area contributed by atoms with Gasteiger partial charge in [-0.15, -0.1) is 11.3 Å². The molecule has 1 N–H and O–H groups in total. The molecule has 2 aromatic heterocycles. The zero-order valence-electron chi connectivity index (χ0n) is 14.5. The molecule has 0 bridgehead atoms. The molecule has 1 saturated heterocycles. The first-order valence-corrected chi connectivity index (χ1v) is 11.9. The van der Waals surface area contributed by atoms with Gasteiger partial charge in [-0.3, -0.25) is 4.79 Å². The second kappa shape index (κ2) is 8.65. The Kier molecular flexibility index (Phi) is 6.02. The molecule has 1 aliphatic rings. The molecule has 4 nitrogen and oxygen atoms in total. The number of carbonyl (C=O) groups excluding carboxylic acids is 1. The summed E-state index contributed by atoms with van der Waals surface area (Å²) in [5.41, 5.74) is 3.64. The van der Waals surface area contributed by atoms with E-state index in [9.17, 15) is 4.79 Å². The highest BCUT2D eigenvalue weighted by Crippen LogP contribution is 2.31. The molecule has 27 heavy (non-hydrogen) atoms.